The fourth-order valence-electron chi connectivity index (χ4n) is 3.11. The van der Waals surface area contributed by atoms with E-state index in [1.54, 1.807) is 0 Å². The molecule has 0 N–H and O–H groups in total. The highest BCUT2D eigenvalue weighted by atomic mass is 32.2. The van der Waals surface area contributed by atoms with Crippen LogP contribution in [0.15, 0.2) is 11.2 Å². The van der Waals surface area contributed by atoms with Crippen molar-refractivity contribution in [1.82, 2.24) is 9.97 Å². The lowest BCUT2D eigenvalue weighted by Crippen LogP contribution is -2.45. The predicted molar refractivity (Wildman–Crippen MR) is 91.8 cm³/mol. The number of rotatable bonds is 5. The van der Waals surface area contributed by atoms with Gasteiger partial charge in [0.1, 0.15) is 10.6 Å². The molecule has 1 atom stereocenters. The predicted octanol–water partition coefficient (Wildman–Crippen LogP) is 1.85. The van der Waals surface area contributed by atoms with Crippen molar-refractivity contribution < 1.29 is 13.2 Å². The number of ether oxygens (including phenoxy) is 1. The fraction of sp³-hybridized carbons (Fsp3) is 0.733. The first-order valence-corrected chi connectivity index (χ1v) is 11.0. The molecule has 2 aliphatic rings. The Bertz CT molecular complexity index is 689. The lowest BCUT2D eigenvalue weighted by molar-refractivity contribution is 0.0925. The van der Waals surface area contributed by atoms with Crippen LogP contribution in [0.25, 0.3) is 0 Å². The molecule has 0 unspecified atom stereocenters. The van der Waals surface area contributed by atoms with Gasteiger partial charge in [-0.25, -0.2) is 18.4 Å². The molecule has 0 bridgehead atoms. The Morgan fingerprint density at radius 1 is 1.43 bits per heavy atom. The largest absolute Gasteiger partial charge is 0.377 e. The van der Waals surface area contributed by atoms with Crippen molar-refractivity contribution in [3.8, 4) is 0 Å². The Morgan fingerprint density at radius 3 is 2.74 bits per heavy atom. The Labute approximate surface area is 141 Å². The van der Waals surface area contributed by atoms with Crippen LogP contribution in [0.2, 0.25) is 0 Å². The normalized spacial score (nSPS) is 23.8. The van der Waals surface area contributed by atoms with Gasteiger partial charge in [0.15, 0.2) is 15.0 Å². The second kappa shape index (κ2) is 6.22. The first kappa shape index (κ1) is 17.0. The van der Waals surface area contributed by atoms with Gasteiger partial charge in [-0.05, 0) is 25.5 Å². The molecule has 2 heterocycles. The number of hydrogen-bond acceptors (Lipinski definition) is 7. The first-order chi connectivity index (χ1) is 10.9. The molecule has 0 radical (unpaired) electrons. The quantitative estimate of drug-likeness (QED) is 0.588. The molecule has 8 heteroatoms. The van der Waals surface area contributed by atoms with Crippen molar-refractivity contribution in [3.63, 3.8) is 0 Å². The molecular formula is C15H23N3O3S2. The third kappa shape index (κ3) is 3.08. The number of thioether (sulfide) groups is 1. The van der Waals surface area contributed by atoms with E-state index in [0.717, 1.165) is 18.8 Å². The highest BCUT2D eigenvalue weighted by Crippen LogP contribution is 2.52. The van der Waals surface area contributed by atoms with Gasteiger partial charge in [0.2, 0.25) is 0 Å². The van der Waals surface area contributed by atoms with E-state index in [2.05, 4.69) is 21.8 Å². The summed E-state index contributed by atoms with van der Waals surface area (Å²) in [5, 5.41) is 0.633. The number of aromatic nitrogens is 2. The van der Waals surface area contributed by atoms with E-state index < -0.39 is 14.6 Å². The van der Waals surface area contributed by atoms with Crippen LogP contribution >= 0.6 is 11.8 Å². The summed E-state index contributed by atoms with van der Waals surface area (Å²) in [6.07, 6.45) is 5.49. The molecule has 1 saturated carbocycles. The van der Waals surface area contributed by atoms with Gasteiger partial charge in [-0.15, -0.1) is 0 Å². The average molecular weight is 358 g/mol. The Hall–Kier alpha value is -0.860. The number of morpholine rings is 1. The molecular weight excluding hydrogens is 334 g/mol. The summed E-state index contributed by atoms with van der Waals surface area (Å²) >= 11 is 1.45. The summed E-state index contributed by atoms with van der Waals surface area (Å²) < 4.78 is 29.2. The van der Waals surface area contributed by atoms with Crippen LogP contribution in [-0.2, 0) is 19.3 Å². The number of hydrogen-bond donors (Lipinski definition) is 0. The second-order valence-electron chi connectivity index (χ2n) is 6.19. The van der Waals surface area contributed by atoms with Gasteiger partial charge < -0.3 is 9.64 Å². The topological polar surface area (TPSA) is 72.4 Å². The van der Waals surface area contributed by atoms with Gasteiger partial charge >= 0.3 is 0 Å². The Morgan fingerprint density at radius 2 is 2.17 bits per heavy atom. The molecule has 3 rings (SSSR count). The SMILES string of the molecule is CC[C@@H]1COCCN1c1cc(C2(S(C)(=O)=O)CC2)nc(SC)n1. The molecule has 1 aliphatic carbocycles. The molecule has 1 aromatic heterocycles. The Balaban J connectivity index is 2.03. The van der Waals surface area contributed by atoms with E-state index in [1.807, 2.05) is 12.3 Å². The molecule has 6 nitrogen and oxygen atoms in total. The molecule has 1 aliphatic heterocycles. The molecule has 128 valence electrons. The van der Waals surface area contributed by atoms with Crippen LogP contribution in [-0.4, -0.2) is 56.7 Å². The highest BCUT2D eigenvalue weighted by molar-refractivity contribution is 7.98. The van der Waals surface area contributed by atoms with Crippen molar-refractivity contribution in [3.05, 3.63) is 11.8 Å². The molecule has 2 fully saturated rings. The molecule has 1 aromatic rings. The summed E-state index contributed by atoms with van der Waals surface area (Å²) in [4.78, 5) is 11.4. The standard InChI is InChI=1S/C15H23N3O3S2/c1-4-11-10-21-8-7-18(11)13-9-12(16-14(17-13)22-2)15(5-6-15)23(3,19)20/h9,11H,4-8,10H2,1-3H3/t11-/m1/s1. The van der Waals surface area contributed by atoms with Crippen molar-refractivity contribution in [2.24, 2.45) is 0 Å². The molecule has 0 aromatic carbocycles. The minimum absolute atomic E-state index is 0.273. The van der Waals surface area contributed by atoms with E-state index in [0.29, 0.717) is 36.9 Å². The van der Waals surface area contributed by atoms with Gasteiger partial charge in [0.25, 0.3) is 0 Å². The number of sulfone groups is 1. The van der Waals surface area contributed by atoms with Crippen LogP contribution < -0.4 is 4.90 Å². The van der Waals surface area contributed by atoms with Gasteiger partial charge in [-0.3, -0.25) is 0 Å². The van der Waals surface area contributed by atoms with Crippen molar-refractivity contribution in [1.29, 1.82) is 0 Å². The zero-order valence-electron chi connectivity index (χ0n) is 13.8. The van der Waals surface area contributed by atoms with E-state index in [1.165, 1.54) is 18.0 Å². The molecule has 1 saturated heterocycles. The molecule has 23 heavy (non-hydrogen) atoms. The van der Waals surface area contributed by atoms with E-state index in [4.69, 9.17) is 4.74 Å². The molecule has 0 spiro atoms. The third-order valence-corrected chi connectivity index (χ3v) is 7.33. The first-order valence-electron chi connectivity index (χ1n) is 7.89. The van der Waals surface area contributed by atoms with Crippen molar-refractivity contribution >= 4 is 27.4 Å². The van der Waals surface area contributed by atoms with Crippen molar-refractivity contribution in [2.75, 3.05) is 37.2 Å². The average Bonchev–Trinajstić information content (AvgIpc) is 3.36. The zero-order valence-corrected chi connectivity index (χ0v) is 15.4. The van der Waals surface area contributed by atoms with Crippen LogP contribution in [0.1, 0.15) is 31.9 Å². The Kier molecular flexibility index (Phi) is 4.59. The summed E-state index contributed by atoms with van der Waals surface area (Å²) in [5.41, 5.74) is 0.649. The number of nitrogens with zero attached hydrogens (tertiary/aromatic N) is 3. The van der Waals surface area contributed by atoms with Crippen LogP contribution in [0, 0.1) is 0 Å². The van der Waals surface area contributed by atoms with Crippen molar-refractivity contribution in [2.45, 2.75) is 42.1 Å². The smallest absolute Gasteiger partial charge is 0.189 e. The van der Waals surface area contributed by atoms with Gasteiger partial charge in [-0.2, -0.15) is 0 Å². The zero-order chi connectivity index (χ0) is 16.7. The second-order valence-corrected chi connectivity index (χ2v) is 9.29. The summed E-state index contributed by atoms with van der Waals surface area (Å²) in [7, 11) is -3.18. The van der Waals surface area contributed by atoms with E-state index >= 15 is 0 Å². The van der Waals surface area contributed by atoms with E-state index in [9.17, 15) is 8.42 Å². The maximum absolute atomic E-state index is 12.2. The lowest BCUT2D eigenvalue weighted by atomic mass is 10.1. The maximum Gasteiger partial charge on any atom is 0.189 e. The van der Waals surface area contributed by atoms with Gasteiger partial charge in [0, 0.05) is 18.9 Å². The summed E-state index contributed by atoms with van der Waals surface area (Å²) in [6, 6.07) is 2.15. The third-order valence-electron chi connectivity index (χ3n) is 4.75. The van der Waals surface area contributed by atoms with Crippen LogP contribution in [0.5, 0.6) is 0 Å². The van der Waals surface area contributed by atoms with Crippen LogP contribution in [0.3, 0.4) is 0 Å². The van der Waals surface area contributed by atoms with Crippen LogP contribution in [0.4, 0.5) is 5.82 Å². The number of anilines is 1. The minimum atomic E-state index is -3.18. The summed E-state index contributed by atoms with van der Waals surface area (Å²) in [6.45, 7) is 4.25. The van der Waals surface area contributed by atoms with E-state index in [-0.39, 0.29) is 6.04 Å². The highest BCUT2D eigenvalue weighted by Gasteiger charge is 2.55. The summed E-state index contributed by atoms with van der Waals surface area (Å²) in [5.74, 6) is 0.824. The fourth-order valence-corrected chi connectivity index (χ4v) is 4.81. The monoisotopic (exact) mass is 357 g/mol. The van der Waals surface area contributed by atoms with Gasteiger partial charge in [-0.1, -0.05) is 18.7 Å². The molecule has 0 amide bonds. The maximum atomic E-state index is 12.2. The minimum Gasteiger partial charge on any atom is -0.377 e. The van der Waals surface area contributed by atoms with Gasteiger partial charge in [0.05, 0.1) is 24.9 Å². The lowest BCUT2D eigenvalue weighted by Gasteiger charge is -2.36.